The fourth-order valence-electron chi connectivity index (χ4n) is 1.69. The molecule has 2 N–H and O–H groups in total. The van der Waals surface area contributed by atoms with Crippen molar-refractivity contribution in [3.8, 4) is 0 Å². The molecule has 1 aliphatic rings. The van der Waals surface area contributed by atoms with Crippen molar-refractivity contribution in [2.45, 2.75) is 44.9 Å². The van der Waals surface area contributed by atoms with Crippen LogP contribution < -0.4 is 5.32 Å². The zero-order valence-electron chi connectivity index (χ0n) is 9.94. The van der Waals surface area contributed by atoms with E-state index in [4.69, 9.17) is 14.6 Å². The van der Waals surface area contributed by atoms with Crippen molar-refractivity contribution >= 4 is 5.97 Å². The fourth-order valence-corrected chi connectivity index (χ4v) is 1.69. The summed E-state index contributed by atoms with van der Waals surface area (Å²) in [5.41, 5.74) is 0. The first-order chi connectivity index (χ1) is 7.59. The van der Waals surface area contributed by atoms with Crippen molar-refractivity contribution in [1.29, 1.82) is 0 Å². The number of rotatable bonds is 7. The number of carboxylic acid groups (broad SMARTS) is 1. The molecule has 94 valence electrons. The Morgan fingerprint density at radius 1 is 1.62 bits per heavy atom. The highest BCUT2D eigenvalue weighted by Crippen LogP contribution is 2.11. The summed E-state index contributed by atoms with van der Waals surface area (Å²) in [7, 11) is 0. The Balaban J connectivity index is 2.18. The van der Waals surface area contributed by atoms with Crippen LogP contribution in [-0.2, 0) is 14.3 Å². The van der Waals surface area contributed by atoms with Crippen molar-refractivity contribution in [3.05, 3.63) is 0 Å². The third-order valence-electron chi connectivity index (χ3n) is 2.44. The summed E-state index contributed by atoms with van der Waals surface area (Å²) in [5.74, 6) is -0.874. The largest absolute Gasteiger partial charge is 0.480 e. The highest BCUT2D eigenvalue weighted by molar-refractivity contribution is 5.73. The summed E-state index contributed by atoms with van der Waals surface area (Å²) >= 11 is 0. The molecule has 2 unspecified atom stereocenters. The molecule has 16 heavy (non-hydrogen) atoms. The Morgan fingerprint density at radius 2 is 2.38 bits per heavy atom. The van der Waals surface area contributed by atoms with Crippen LogP contribution in [0.15, 0.2) is 0 Å². The van der Waals surface area contributed by atoms with E-state index in [9.17, 15) is 4.79 Å². The second kappa shape index (κ2) is 6.83. The van der Waals surface area contributed by atoms with Crippen LogP contribution in [0.25, 0.3) is 0 Å². The first-order valence-electron chi connectivity index (χ1n) is 5.77. The van der Waals surface area contributed by atoms with Gasteiger partial charge in [-0.1, -0.05) is 13.8 Å². The number of hydrogen-bond acceptors (Lipinski definition) is 4. The van der Waals surface area contributed by atoms with Crippen LogP contribution in [0.2, 0.25) is 0 Å². The van der Waals surface area contributed by atoms with E-state index in [-0.39, 0.29) is 18.8 Å². The van der Waals surface area contributed by atoms with Gasteiger partial charge in [0.25, 0.3) is 0 Å². The standard InChI is InChI=1S/C11H21NO4/c1-8(2)12-10(11(13)14)7-15-6-9-4-3-5-16-9/h8-10,12H,3-7H2,1-2H3,(H,13,14). The first-order valence-corrected chi connectivity index (χ1v) is 5.77. The molecule has 0 aromatic heterocycles. The lowest BCUT2D eigenvalue weighted by Gasteiger charge is -2.18. The molecule has 1 rings (SSSR count). The van der Waals surface area contributed by atoms with E-state index < -0.39 is 12.0 Å². The van der Waals surface area contributed by atoms with Crippen LogP contribution in [-0.4, -0.2) is 49.1 Å². The van der Waals surface area contributed by atoms with Gasteiger partial charge in [0.2, 0.25) is 0 Å². The van der Waals surface area contributed by atoms with E-state index >= 15 is 0 Å². The molecule has 1 heterocycles. The molecule has 5 nitrogen and oxygen atoms in total. The zero-order chi connectivity index (χ0) is 12.0. The van der Waals surface area contributed by atoms with Gasteiger partial charge < -0.3 is 19.9 Å². The van der Waals surface area contributed by atoms with Gasteiger partial charge >= 0.3 is 5.97 Å². The van der Waals surface area contributed by atoms with E-state index in [0.717, 1.165) is 19.4 Å². The van der Waals surface area contributed by atoms with E-state index in [1.54, 1.807) is 0 Å². The lowest BCUT2D eigenvalue weighted by atomic mass is 10.2. The fraction of sp³-hybridized carbons (Fsp3) is 0.909. The van der Waals surface area contributed by atoms with Crippen LogP contribution in [0.4, 0.5) is 0 Å². The lowest BCUT2D eigenvalue weighted by molar-refractivity contribution is -0.141. The molecule has 0 saturated carbocycles. The average Bonchev–Trinajstić information content (AvgIpc) is 2.68. The van der Waals surface area contributed by atoms with Gasteiger partial charge in [0.15, 0.2) is 0 Å². The SMILES string of the molecule is CC(C)NC(COCC1CCCO1)C(=O)O. The molecule has 0 spiro atoms. The van der Waals surface area contributed by atoms with Crippen LogP contribution in [0, 0.1) is 0 Å². The van der Waals surface area contributed by atoms with Gasteiger partial charge in [-0.2, -0.15) is 0 Å². The normalized spacial score (nSPS) is 22.6. The van der Waals surface area contributed by atoms with Crippen molar-refractivity contribution < 1.29 is 19.4 Å². The topological polar surface area (TPSA) is 67.8 Å². The molecular weight excluding hydrogens is 210 g/mol. The maximum absolute atomic E-state index is 10.9. The Labute approximate surface area is 96.1 Å². The molecule has 1 aliphatic heterocycles. The predicted molar refractivity (Wildman–Crippen MR) is 59.5 cm³/mol. The van der Waals surface area contributed by atoms with Crippen molar-refractivity contribution in [1.82, 2.24) is 5.32 Å². The van der Waals surface area contributed by atoms with Crippen molar-refractivity contribution in [2.24, 2.45) is 0 Å². The van der Waals surface area contributed by atoms with Gasteiger partial charge in [-0.3, -0.25) is 4.79 Å². The molecule has 0 amide bonds. The number of hydrogen-bond donors (Lipinski definition) is 2. The molecule has 0 aliphatic carbocycles. The zero-order valence-corrected chi connectivity index (χ0v) is 9.94. The summed E-state index contributed by atoms with van der Waals surface area (Å²) in [5, 5.41) is 11.9. The summed E-state index contributed by atoms with van der Waals surface area (Å²) in [6, 6.07) is -0.506. The van der Waals surface area contributed by atoms with E-state index in [2.05, 4.69) is 5.32 Å². The smallest absolute Gasteiger partial charge is 0.323 e. The van der Waals surface area contributed by atoms with Crippen LogP contribution >= 0.6 is 0 Å². The molecule has 5 heteroatoms. The molecule has 0 radical (unpaired) electrons. The number of aliphatic carboxylic acids is 1. The number of nitrogens with one attached hydrogen (secondary N) is 1. The minimum atomic E-state index is -0.874. The third kappa shape index (κ3) is 4.92. The van der Waals surface area contributed by atoms with Gasteiger partial charge in [-0.25, -0.2) is 0 Å². The van der Waals surface area contributed by atoms with Crippen LogP contribution in [0.1, 0.15) is 26.7 Å². The van der Waals surface area contributed by atoms with Gasteiger partial charge in [-0.05, 0) is 12.8 Å². The molecule has 0 aromatic rings. The third-order valence-corrected chi connectivity index (χ3v) is 2.44. The van der Waals surface area contributed by atoms with Crippen LogP contribution in [0.5, 0.6) is 0 Å². The maximum atomic E-state index is 10.9. The van der Waals surface area contributed by atoms with E-state index in [1.165, 1.54) is 0 Å². The second-order valence-electron chi connectivity index (χ2n) is 4.38. The second-order valence-corrected chi connectivity index (χ2v) is 4.38. The lowest BCUT2D eigenvalue weighted by Crippen LogP contribution is -2.44. The monoisotopic (exact) mass is 231 g/mol. The summed E-state index contributed by atoms with van der Waals surface area (Å²) < 4.78 is 10.8. The molecule has 1 saturated heterocycles. The molecule has 2 atom stereocenters. The highest BCUT2D eigenvalue weighted by Gasteiger charge is 2.20. The Hall–Kier alpha value is -0.650. The van der Waals surface area contributed by atoms with E-state index in [0.29, 0.717) is 6.61 Å². The minimum Gasteiger partial charge on any atom is -0.480 e. The Morgan fingerprint density at radius 3 is 2.88 bits per heavy atom. The Bertz CT molecular complexity index is 214. The maximum Gasteiger partial charge on any atom is 0.323 e. The molecular formula is C11H21NO4. The van der Waals surface area contributed by atoms with Gasteiger partial charge in [0.1, 0.15) is 6.04 Å². The van der Waals surface area contributed by atoms with Gasteiger partial charge in [0, 0.05) is 12.6 Å². The van der Waals surface area contributed by atoms with E-state index in [1.807, 2.05) is 13.8 Å². The van der Waals surface area contributed by atoms with Crippen molar-refractivity contribution in [2.75, 3.05) is 19.8 Å². The quantitative estimate of drug-likeness (QED) is 0.672. The molecule has 1 fully saturated rings. The van der Waals surface area contributed by atoms with Crippen molar-refractivity contribution in [3.63, 3.8) is 0 Å². The number of carbonyl (C=O) groups is 1. The summed E-state index contributed by atoms with van der Waals surface area (Å²) in [6.45, 7) is 5.30. The number of ether oxygens (including phenoxy) is 2. The summed E-state index contributed by atoms with van der Waals surface area (Å²) in [6.07, 6.45) is 2.23. The highest BCUT2D eigenvalue weighted by atomic mass is 16.5. The molecule has 0 bridgehead atoms. The number of carboxylic acids is 1. The van der Waals surface area contributed by atoms with Gasteiger partial charge in [0.05, 0.1) is 19.3 Å². The molecule has 0 aromatic carbocycles. The first kappa shape index (κ1) is 13.4. The summed E-state index contributed by atoms with van der Waals surface area (Å²) in [4.78, 5) is 10.9. The van der Waals surface area contributed by atoms with Gasteiger partial charge in [-0.15, -0.1) is 0 Å². The predicted octanol–water partition coefficient (Wildman–Crippen LogP) is 0.633. The Kier molecular flexibility index (Phi) is 5.73. The minimum absolute atomic E-state index is 0.132. The average molecular weight is 231 g/mol. The van der Waals surface area contributed by atoms with Crippen LogP contribution in [0.3, 0.4) is 0 Å².